The van der Waals surface area contributed by atoms with Crippen LogP contribution in [0.4, 0.5) is 0 Å². The first kappa shape index (κ1) is 13.9. The van der Waals surface area contributed by atoms with Gasteiger partial charge < -0.3 is 0 Å². The molecule has 2 aromatic rings. The fourth-order valence-corrected chi connectivity index (χ4v) is 2.36. The van der Waals surface area contributed by atoms with Gasteiger partial charge in [-0.3, -0.25) is 14.2 Å². The van der Waals surface area contributed by atoms with E-state index in [1.165, 1.54) is 4.57 Å². The van der Waals surface area contributed by atoms with Crippen molar-refractivity contribution in [1.82, 2.24) is 4.57 Å². The van der Waals surface area contributed by atoms with Crippen LogP contribution in [-0.2, 0) is 0 Å². The summed E-state index contributed by atoms with van der Waals surface area (Å²) < 4.78 is 1.44. The number of thioether (sulfide) groups is 1. The van der Waals surface area contributed by atoms with Crippen molar-refractivity contribution in [3.8, 4) is 5.69 Å². The fraction of sp³-hybridized carbons (Fsp3) is 0.143. The van der Waals surface area contributed by atoms with Gasteiger partial charge in [0.15, 0.2) is 0 Å². The van der Waals surface area contributed by atoms with E-state index in [2.05, 4.69) is 0 Å². The predicted molar refractivity (Wildman–Crippen MR) is 79.5 cm³/mol. The first-order chi connectivity index (χ1) is 9.13. The number of hydrogen-bond donors (Lipinski definition) is 0. The van der Waals surface area contributed by atoms with Crippen LogP contribution in [0.1, 0.15) is 17.3 Å². The number of benzene rings is 1. The van der Waals surface area contributed by atoms with Crippen molar-refractivity contribution in [3.05, 3.63) is 63.5 Å². The molecule has 19 heavy (non-hydrogen) atoms. The van der Waals surface area contributed by atoms with Crippen LogP contribution in [0.5, 0.6) is 0 Å². The molecule has 0 aliphatic carbocycles. The van der Waals surface area contributed by atoms with Gasteiger partial charge in [-0.2, -0.15) is 0 Å². The molecule has 0 fully saturated rings. The Bertz CT molecular complexity index is 649. The molecule has 1 aromatic heterocycles. The molecule has 5 heteroatoms. The quantitative estimate of drug-likeness (QED) is 0.871. The van der Waals surface area contributed by atoms with E-state index in [1.54, 1.807) is 42.6 Å². The van der Waals surface area contributed by atoms with Gasteiger partial charge in [0.1, 0.15) is 0 Å². The molecule has 0 bridgehead atoms. The third kappa shape index (κ3) is 3.08. The number of hydrogen-bond acceptors (Lipinski definition) is 3. The fourth-order valence-electron chi connectivity index (χ4n) is 1.66. The van der Waals surface area contributed by atoms with Crippen molar-refractivity contribution in [3.63, 3.8) is 0 Å². The first-order valence-electron chi connectivity index (χ1n) is 5.78. The first-order valence-corrected chi connectivity index (χ1v) is 7.14. The van der Waals surface area contributed by atoms with Gasteiger partial charge in [-0.05, 0) is 42.2 Å². The summed E-state index contributed by atoms with van der Waals surface area (Å²) in [5.74, 6) is 0.647. The Morgan fingerprint density at radius 1 is 1.26 bits per heavy atom. The van der Waals surface area contributed by atoms with Crippen LogP contribution < -0.4 is 5.56 Å². The van der Waals surface area contributed by atoms with Gasteiger partial charge in [0.2, 0.25) is 5.12 Å². The number of carbonyl (C=O) groups excluding carboxylic acids is 1. The van der Waals surface area contributed by atoms with E-state index in [1.807, 2.05) is 6.92 Å². The third-order valence-corrected chi connectivity index (χ3v) is 3.57. The number of nitrogens with zero attached hydrogens (tertiary/aromatic N) is 1. The van der Waals surface area contributed by atoms with E-state index >= 15 is 0 Å². The maximum Gasteiger partial charge on any atom is 0.266 e. The molecule has 0 N–H and O–H groups in total. The van der Waals surface area contributed by atoms with Crippen LogP contribution in [0.15, 0.2) is 47.4 Å². The summed E-state index contributed by atoms with van der Waals surface area (Å²) in [6.07, 6.45) is 1.64. The van der Waals surface area contributed by atoms with Crippen LogP contribution >= 0.6 is 23.4 Å². The SMILES string of the molecule is CCSC(=O)c1cccn(-c2ccc(Cl)cc2)c1=O. The molecule has 0 spiro atoms. The minimum Gasteiger partial charge on any atom is -0.284 e. The molecule has 1 aromatic carbocycles. The lowest BCUT2D eigenvalue weighted by Crippen LogP contribution is -2.23. The number of halogens is 1. The minimum absolute atomic E-state index is 0.198. The molecular weight excluding hydrogens is 282 g/mol. The number of aromatic nitrogens is 1. The summed E-state index contributed by atoms with van der Waals surface area (Å²) in [5, 5.41) is 0.404. The van der Waals surface area contributed by atoms with Crippen molar-refractivity contribution >= 4 is 28.5 Å². The molecule has 0 radical (unpaired) electrons. The molecule has 0 aliphatic rings. The van der Waals surface area contributed by atoms with E-state index in [0.29, 0.717) is 16.5 Å². The second kappa shape index (κ2) is 6.08. The number of rotatable bonds is 3. The second-order valence-corrected chi connectivity index (χ2v) is 5.47. The molecular formula is C14H12ClNO2S. The average molecular weight is 294 g/mol. The van der Waals surface area contributed by atoms with Gasteiger partial charge >= 0.3 is 0 Å². The van der Waals surface area contributed by atoms with Crippen LogP contribution in [0.25, 0.3) is 5.69 Å². The van der Waals surface area contributed by atoms with Crippen LogP contribution in [0, 0.1) is 0 Å². The van der Waals surface area contributed by atoms with Gasteiger partial charge in [-0.1, -0.05) is 30.3 Å². The highest BCUT2D eigenvalue weighted by Gasteiger charge is 2.12. The summed E-state index contributed by atoms with van der Waals surface area (Å²) in [6.45, 7) is 1.88. The Morgan fingerprint density at radius 3 is 2.58 bits per heavy atom. The summed E-state index contributed by atoms with van der Waals surface area (Å²) in [5.41, 5.74) is 0.575. The predicted octanol–water partition coefficient (Wildman–Crippen LogP) is 3.38. The second-order valence-electron chi connectivity index (χ2n) is 3.79. The minimum atomic E-state index is -0.309. The van der Waals surface area contributed by atoms with E-state index < -0.39 is 0 Å². The Hall–Kier alpha value is -1.52. The zero-order chi connectivity index (χ0) is 13.8. The van der Waals surface area contributed by atoms with Crippen molar-refractivity contribution in [2.75, 3.05) is 5.75 Å². The maximum atomic E-state index is 12.3. The zero-order valence-electron chi connectivity index (χ0n) is 10.3. The monoisotopic (exact) mass is 293 g/mol. The summed E-state index contributed by atoms with van der Waals surface area (Å²) >= 11 is 6.95. The maximum absolute atomic E-state index is 12.3. The topological polar surface area (TPSA) is 39.1 Å². The molecule has 0 amide bonds. The molecule has 0 saturated carbocycles. The Balaban J connectivity index is 2.48. The Morgan fingerprint density at radius 2 is 1.95 bits per heavy atom. The highest BCUT2D eigenvalue weighted by Crippen LogP contribution is 2.13. The largest absolute Gasteiger partial charge is 0.284 e. The van der Waals surface area contributed by atoms with Crippen molar-refractivity contribution < 1.29 is 4.79 Å². The highest BCUT2D eigenvalue weighted by atomic mass is 35.5. The molecule has 0 atom stereocenters. The molecule has 0 aliphatic heterocycles. The highest BCUT2D eigenvalue weighted by molar-refractivity contribution is 8.14. The van der Waals surface area contributed by atoms with Gasteiger partial charge in [-0.25, -0.2) is 0 Å². The van der Waals surface area contributed by atoms with E-state index in [-0.39, 0.29) is 16.2 Å². The molecule has 98 valence electrons. The van der Waals surface area contributed by atoms with Crippen LogP contribution in [0.3, 0.4) is 0 Å². The molecule has 3 nitrogen and oxygen atoms in total. The van der Waals surface area contributed by atoms with Gasteiger partial charge in [0.25, 0.3) is 5.56 Å². The molecule has 1 heterocycles. The summed E-state index contributed by atoms with van der Waals surface area (Å²) in [6, 6.07) is 10.1. The summed E-state index contributed by atoms with van der Waals surface area (Å²) in [7, 11) is 0. The zero-order valence-corrected chi connectivity index (χ0v) is 11.9. The van der Waals surface area contributed by atoms with Crippen molar-refractivity contribution in [2.45, 2.75) is 6.92 Å². The number of pyridine rings is 1. The van der Waals surface area contributed by atoms with E-state index in [0.717, 1.165) is 11.8 Å². The lowest BCUT2D eigenvalue weighted by atomic mass is 10.2. The lowest BCUT2D eigenvalue weighted by Gasteiger charge is -2.07. The smallest absolute Gasteiger partial charge is 0.266 e. The van der Waals surface area contributed by atoms with Crippen LogP contribution in [-0.4, -0.2) is 15.4 Å². The van der Waals surface area contributed by atoms with Gasteiger partial charge in [0.05, 0.1) is 5.56 Å². The standard InChI is InChI=1S/C14H12ClNO2S/c1-2-19-14(18)12-4-3-9-16(13(12)17)11-7-5-10(15)6-8-11/h3-9H,2H2,1H3. The van der Waals surface area contributed by atoms with Gasteiger partial charge in [-0.15, -0.1) is 0 Å². The normalized spacial score (nSPS) is 10.4. The van der Waals surface area contributed by atoms with Gasteiger partial charge in [0, 0.05) is 16.9 Å². The van der Waals surface area contributed by atoms with E-state index in [9.17, 15) is 9.59 Å². The lowest BCUT2D eigenvalue weighted by molar-refractivity contribution is 0.108. The Labute approximate surface area is 120 Å². The molecule has 0 unspecified atom stereocenters. The Kier molecular flexibility index (Phi) is 4.45. The van der Waals surface area contributed by atoms with Crippen molar-refractivity contribution in [2.24, 2.45) is 0 Å². The van der Waals surface area contributed by atoms with Crippen molar-refractivity contribution in [1.29, 1.82) is 0 Å². The van der Waals surface area contributed by atoms with E-state index in [4.69, 9.17) is 11.6 Å². The van der Waals surface area contributed by atoms with Crippen LogP contribution in [0.2, 0.25) is 5.02 Å². The average Bonchev–Trinajstić information content (AvgIpc) is 2.40. The number of carbonyl (C=O) groups is 1. The summed E-state index contributed by atoms with van der Waals surface area (Å²) in [4.78, 5) is 24.1. The molecule has 2 rings (SSSR count). The third-order valence-electron chi connectivity index (χ3n) is 2.55. The molecule has 0 saturated heterocycles.